The van der Waals surface area contributed by atoms with E-state index in [-0.39, 0.29) is 16.7 Å². The minimum absolute atomic E-state index is 0.0544. The smallest absolute Gasteiger partial charge is 0.261 e. The Hall–Kier alpha value is -1.01. The maximum Gasteiger partial charge on any atom is 0.261 e. The van der Waals surface area contributed by atoms with E-state index < -0.39 is 10.0 Å². The third-order valence-electron chi connectivity index (χ3n) is 2.48. The Morgan fingerprint density at radius 3 is 2.19 bits per heavy atom. The molecular formula is C10H18N2O3S. The lowest BCUT2D eigenvalue weighted by Gasteiger charge is -2.12. The number of nitrogens with zero attached hydrogens (tertiary/aromatic N) is 2. The molecule has 0 bridgehead atoms. The molecule has 0 aliphatic rings. The first-order valence-electron chi connectivity index (χ1n) is 5.00. The SMILES string of the molecule is CC(C)c1cn(C)c(S(=O)(=O)N(C)C)c1O. The van der Waals surface area contributed by atoms with Crippen LogP contribution in [-0.4, -0.2) is 36.5 Å². The van der Waals surface area contributed by atoms with Crippen LogP contribution in [0.1, 0.15) is 25.3 Å². The van der Waals surface area contributed by atoms with Crippen molar-refractivity contribution in [1.29, 1.82) is 0 Å². The molecule has 0 atom stereocenters. The molecular weight excluding hydrogens is 228 g/mol. The molecule has 0 aromatic carbocycles. The predicted molar refractivity (Wildman–Crippen MR) is 62.0 cm³/mol. The Morgan fingerprint density at radius 1 is 1.38 bits per heavy atom. The van der Waals surface area contributed by atoms with Crippen LogP contribution in [-0.2, 0) is 17.1 Å². The van der Waals surface area contributed by atoms with E-state index in [0.29, 0.717) is 5.56 Å². The Morgan fingerprint density at radius 2 is 1.88 bits per heavy atom. The van der Waals surface area contributed by atoms with Crippen LogP contribution in [0.2, 0.25) is 0 Å². The Kier molecular flexibility index (Phi) is 3.35. The molecule has 0 aliphatic carbocycles. The second-order valence-electron chi connectivity index (χ2n) is 4.29. The summed E-state index contributed by atoms with van der Waals surface area (Å²) in [4.78, 5) is 0. The zero-order valence-corrected chi connectivity index (χ0v) is 11.0. The van der Waals surface area contributed by atoms with Gasteiger partial charge in [-0.3, -0.25) is 0 Å². The lowest BCUT2D eigenvalue weighted by atomic mass is 10.1. The van der Waals surface area contributed by atoms with Gasteiger partial charge in [-0.25, -0.2) is 12.7 Å². The molecule has 16 heavy (non-hydrogen) atoms. The van der Waals surface area contributed by atoms with E-state index in [0.717, 1.165) is 4.31 Å². The number of rotatable bonds is 3. The van der Waals surface area contributed by atoms with E-state index >= 15 is 0 Å². The van der Waals surface area contributed by atoms with Gasteiger partial charge in [-0.05, 0) is 5.92 Å². The van der Waals surface area contributed by atoms with Gasteiger partial charge < -0.3 is 9.67 Å². The standard InChI is InChI=1S/C10H18N2O3S/c1-7(2)8-6-12(5)10(9(8)13)16(14,15)11(3)4/h6-7,13H,1-5H3. The topological polar surface area (TPSA) is 62.5 Å². The molecule has 0 fully saturated rings. The van der Waals surface area contributed by atoms with Gasteiger partial charge in [0.1, 0.15) is 0 Å². The second-order valence-corrected chi connectivity index (χ2v) is 6.36. The molecule has 0 unspecified atom stereocenters. The number of sulfonamides is 1. The summed E-state index contributed by atoms with van der Waals surface area (Å²) in [5.41, 5.74) is 0.642. The van der Waals surface area contributed by atoms with Crippen molar-refractivity contribution in [2.45, 2.75) is 24.8 Å². The molecule has 0 saturated heterocycles. The highest BCUT2D eigenvalue weighted by Gasteiger charge is 2.28. The summed E-state index contributed by atoms with van der Waals surface area (Å²) in [5, 5.41) is 9.88. The van der Waals surface area contributed by atoms with Crippen molar-refractivity contribution in [1.82, 2.24) is 8.87 Å². The summed E-state index contributed by atoms with van der Waals surface area (Å²) in [5.74, 6) is -0.0662. The average Bonchev–Trinajstić information content (AvgIpc) is 2.41. The molecule has 1 N–H and O–H groups in total. The highest BCUT2D eigenvalue weighted by Crippen LogP contribution is 2.34. The van der Waals surface area contributed by atoms with Crippen molar-refractivity contribution in [2.75, 3.05) is 14.1 Å². The van der Waals surface area contributed by atoms with Crippen LogP contribution in [0.3, 0.4) is 0 Å². The van der Waals surface area contributed by atoms with Crippen LogP contribution >= 0.6 is 0 Å². The zero-order valence-electron chi connectivity index (χ0n) is 10.2. The van der Waals surface area contributed by atoms with Crippen LogP contribution in [0.15, 0.2) is 11.2 Å². The lowest BCUT2D eigenvalue weighted by Crippen LogP contribution is -2.24. The summed E-state index contributed by atoms with van der Waals surface area (Å²) in [7, 11) is 0.891. The van der Waals surface area contributed by atoms with Crippen LogP contribution in [0.25, 0.3) is 0 Å². The first kappa shape index (κ1) is 13.1. The number of hydrogen-bond donors (Lipinski definition) is 1. The Labute approximate surface area is 96.4 Å². The summed E-state index contributed by atoms with van der Waals surface area (Å²) in [6.45, 7) is 3.81. The van der Waals surface area contributed by atoms with Gasteiger partial charge in [-0.15, -0.1) is 0 Å². The molecule has 1 aromatic heterocycles. The highest BCUT2D eigenvalue weighted by molar-refractivity contribution is 7.89. The van der Waals surface area contributed by atoms with Crippen molar-refractivity contribution < 1.29 is 13.5 Å². The lowest BCUT2D eigenvalue weighted by molar-refractivity contribution is 0.437. The quantitative estimate of drug-likeness (QED) is 0.869. The van der Waals surface area contributed by atoms with Crippen LogP contribution in [0.4, 0.5) is 0 Å². The van der Waals surface area contributed by atoms with Gasteiger partial charge in [0.05, 0.1) is 0 Å². The number of aryl methyl sites for hydroxylation is 1. The number of hydrogen-bond acceptors (Lipinski definition) is 3. The monoisotopic (exact) mass is 246 g/mol. The third kappa shape index (κ3) is 1.94. The highest BCUT2D eigenvalue weighted by atomic mass is 32.2. The zero-order chi connectivity index (χ0) is 12.7. The average molecular weight is 246 g/mol. The Bertz CT molecular complexity index is 486. The van der Waals surface area contributed by atoms with Gasteiger partial charge in [0, 0.05) is 32.9 Å². The number of aromatic nitrogens is 1. The summed E-state index contributed by atoms with van der Waals surface area (Å²) < 4.78 is 26.4. The molecule has 6 heteroatoms. The predicted octanol–water partition coefficient (Wildman–Crippen LogP) is 1.10. The molecule has 0 aliphatic heterocycles. The van der Waals surface area contributed by atoms with Crippen LogP contribution < -0.4 is 0 Å². The maximum atomic E-state index is 12.0. The molecule has 5 nitrogen and oxygen atoms in total. The van der Waals surface area contributed by atoms with Crippen molar-refractivity contribution in [3.05, 3.63) is 11.8 Å². The fourth-order valence-electron chi connectivity index (χ4n) is 1.52. The second kappa shape index (κ2) is 4.10. The van der Waals surface area contributed by atoms with E-state index in [1.165, 1.54) is 18.7 Å². The van der Waals surface area contributed by atoms with Crippen molar-refractivity contribution in [3.8, 4) is 5.75 Å². The van der Waals surface area contributed by atoms with Gasteiger partial charge in [-0.2, -0.15) is 0 Å². The minimum Gasteiger partial charge on any atom is -0.505 e. The van der Waals surface area contributed by atoms with E-state index in [2.05, 4.69) is 0 Å². The molecule has 1 rings (SSSR count). The van der Waals surface area contributed by atoms with Gasteiger partial charge in [0.25, 0.3) is 10.0 Å². The fraction of sp³-hybridized carbons (Fsp3) is 0.600. The van der Waals surface area contributed by atoms with E-state index in [1.807, 2.05) is 13.8 Å². The van der Waals surface area contributed by atoms with Gasteiger partial charge >= 0.3 is 0 Å². The van der Waals surface area contributed by atoms with E-state index in [9.17, 15) is 13.5 Å². The van der Waals surface area contributed by atoms with E-state index in [4.69, 9.17) is 0 Å². The first-order valence-corrected chi connectivity index (χ1v) is 6.44. The van der Waals surface area contributed by atoms with Gasteiger partial charge in [0.15, 0.2) is 10.8 Å². The fourth-order valence-corrected chi connectivity index (χ4v) is 2.64. The maximum absolute atomic E-state index is 12.0. The molecule has 0 spiro atoms. The molecule has 0 radical (unpaired) electrons. The van der Waals surface area contributed by atoms with Gasteiger partial charge in [0.2, 0.25) is 0 Å². The van der Waals surface area contributed by atoms with Crippen molar-refractivity contribution in [2.24, 2.45) is 7.05 Å². The Balaban J connectivity index is 3.48. The minimum atomic E-state index is -3.60. The molecule has 0 amide bonds. The third-order valence-corrected chi connectivity index (χ3v) is 4.41. The normalized spacial score (nSPS) is 12.7. The molecule has 1 aromatic rings. The summed E-state index contributed by atoms with van der Waals surface area (Å²) in [6, 6.07) is 0. The largest absolute Gasteiger partial charge is 0.505 e. The van der Waals surface area contributed by atoms with Crippen molar-refractivity contribution >= 4 is 10.0 Å². The van der Waals surface area contributed by atoms with E-state index in [1.54, 1.807) is 13.2 Å². The number of aromatic hydroxyl groups is 1. The molecule has 0 saturated carbocycles. The summed E-state index contributed by atoms with van der Waals surface area (Å²) in [6.07, 6.45) is 1.65. The first-order chi connectivity index (χ1) is 7.19. The molecule has 1 heterocycles. The van der Waals surface area contributed by atoms with Crippen molar-refractivity contribution in [3.63, 3.8) is 0 Å². The molecule has 92 valence electrons. The van der Waals surface area contributed by atoms with Crippen LogP contribution in [0.5, 0.6) is 5.75 Å². The van der Waals surface area contributed by atoms with Crippen LogP contribution in [0, 0.1) is 0 Å². The summed E-state index contributed by atoms with van der Waals surface area (Å²) >= 11 is 0. The van der Waals surface area contributed by atoms with Gasteiger partial charge in [-0.1, -0.05) is 13.8 Å².